The van der Waals surface area contributed by atoms with Crippen LogP contribution in [0.3, 0.4) is 0 Å². The van der Waals surface area contributed by atoms with Gasteiger partial charge in [-0.2, -0.15) is 13.2 Å². The lowest BCUT2D eigenvalue weighted by Gasteiger charge is -2.22. The SMILES string of the molecule is CN(C)CCN(C)c1sc(Nc2cccnc2Oc2ccccc2C(C)(C)C)nc1C(F)(F)F. The zero-order chi connectivity index (χ0) is 25.1. The summed E-state index contributed by atoms with van der Waals surface area (Å²) in [5.41, 5.74) is 0.342. The zero-order valence-electron chi connectivity index (χ0n) is 20.2. The van der Waals surface area contributed by atoms with E-state index >= 15 is 0 Å². The monoisotopic (exact) mass is 493 g/mol. The van der Waals surface area contributed by atoms with Crippen LogP contribution < -0.4 is 15.0 Å². The first-order valence-electron chi connectivity index (χ1n) is 10.8. The smallest absolute Gasteiger partial charge is 0.436 e. The van der Waals surface area contributed by atoms with Crippen molar-refractivity contribution in [2.24, 2.45) is 0 Å². The number of hydrogen-bond acceptors (Lipinski definition) is 7. The highest BCUT2D eigenvalue weighted by Gasteiger charge is 2.39. The molecule has 0 radical (unpaired) electrons. The minimum atomic E-state index is -4.57. The predicted molar refractivity (Wildman–Crippen MR) is 132 cm³/mol. The lowest BCUT2D eigenvalue weighted by molar-refractivity contribution is -0.140. The number of nitrogens with one attached hydrogen (secondary N) is 1. The van der Waals surface area contributed by atoms with Gasteiger partial charge in [0.15, 0.2) is 10.8 Å². The highest BCUT2D eigenvalue weighted by molar-refractivity contribution is 7.19. The summed E-state index contributed by atoms with van der Waals surface area (Å²) in [5, 5.41) is 3.16. The van der Waals surface area contributed by atoms with Gasteiger partial charge < -0.3 is 19.9 Å². The highest BCUT2D eigenvalue weighted by Crippen LogP contribution is 2.43. The number of para-hydroxylation sites is 1. The minimum Gasteiger partial charge on any atom is -0.437 e. The molecule has 0 saturated heterocycles. The first kappa shape index (κ1) is 25.8. The van der Waals surface area contributed by atoms with E-state index in [0.717, 1.165) is 16.9 Å². The Labute approximate surface area is 202 Å². The summed E-state index contributed by atoms with van der Waals surface area (Å²) in [6.45, 7) is 7.28. The van der Waals surface area contributed by atoms with E-state index in [1.165, 1.54) is 0 Å². The Hall–Kier alpha value is -2.85. The predicted octanol–water partition coefficient (Wildman–Crippen LogP) is 6.39. The second-order valence-electron chi connectivity index (χ2n) is 9.22. The molecular weight excluding hydrogens is 463 g/mol. The van der Waals surface area contributed by atoms with Crippen molar-refractivity contribution in [3.05, 3.63) is 53.9 Å². The number of likely N-dealkylation sites (N-methyl/N-ethyl adjacent to an activating group) is 2. The van der Waals surface area contributed by atoms with Gasteiger partial charge in [-0.1, -0.05) is 50.3 Å². The Morgan fingerprint density at radius 1 is 1.00 bits per heavy atom. The van der Waals surface area contributed by atoms with Gasteiger partial charge in [0.05, 0.1) is 0 Å². The Morgan fingerprint density at radius 3 is 2.35 bits per heavy atom. The Balaban J connectivity index is 1.92. The van der Waals surface area contributed by atoms with Crippen LogP contribution in [0.2, 0.25) is 0 Å². The first-order valence-corrected chi connectivity index (χ1v) is 11.6. The number of ether oxygens (including phenoxy) is 1. The fourth-order valence-electron chi connectivity index (χ4n) is 3.22. The maximum Gasteiger partial charge on any atom is 0.436 e. The summed E-state index contributed by atoms with van der Waals surface area (Å²) in [4.78, 5) is 11.7. The van der Waals surface area contributed by atoms with E-state index in [1.807, 2.05) is 43.3 Å². The summed E-state index contributed by atoms with van der Waals surface area (Å²) in [6, 6.07) is 11.0. The van der Waals surface area contributed by atoms with Gasteiger partial charge in [-0.15, -0.1) is 0 Å². The largest absolute Gasteiger partial charge is 0.437 e. The molecule has 10 heteroatoms. The van der Waals surface area contributed by atoms with Gasteiger partial charge >= 0.3 is 6.18 Å². The molecule has 0 aliphatic carbocycles. The van der Waals surface area contributed by atoms with Crippen LogP contribution in [-0.2, 0) is 11.6 Å². The van der Waals surface area contributed by atoms with Crippen molar-refractivity contribution in [3.63, 3.8) is 0 Å². The maximum atomic E-state index is 13.7. The van der Waals surface area contributed by atoms with Crippen molar-refractivity contribution in [3.8, 4) is 11.6 Å². The summed E-state index contributed by atoms with van der Waals surface area (Å²) in [7, 11) is 5.39. The molecule has 0 spiro atoms. The third-order valence-corrected chi connectivity index (χ3v) is 6.11. The molecule has 0 amide bonds. The third kappa shape index (κ3) is 6.38. The number of alkyl halides is 3. The molecule has 1 aromatic carbocycles. The van der Waals surface area contributed by atoms with Crippen molar-refractivity contribution < 1.29 is 17.9 Å². The topological polar surface area (TPSA) is 53.5 Å². The Kier molecular flexibility index (Phi) is 7.72. The molecule has 0 aliphatic heterocycles. The molecule has 6 nitrogen and oxygen atoms in total. The molecular formula is C24H30F3N5OS. The molecule has 0 fully saturated rings. The van der Waals surface area contributed by atoms with Crippen LogP contribution in [-0.4, -0.2) is 49.1 Å². The van der Waals surface area contributed by atoms with Crippen molar-refractivity contribution in [1.29, 1.82) is 0 Å². The van der Waals surface area contributed by atoms with Crippen molar-refractivity contribution in [1.82, 2.24) is 14.9 Å². The van der Waals surface area contributed by atoms with Crippen LogP contribution in [0.15, 0.2) is 42.6 Å². The lowest BCUT2D eigenvalue weighted by atomic mass is 9.86. The van der Waals surface area contributed by atoms with Crippen molar-refractivity contribution in [2.75, 3.05) is 44.4 Å². The Morgan fingerprint density at radius 2 is 1.71 bits per heavy atom. The number of hydrogen-bond donors (Lipinski definition) is 1. The molecule has 1 N–H and O–H groups in total. The summed E-state index contributed by atoms with van der Waals surface area (Å²) < 4.78 is 47.3. The normalized spacial score (nSPS) is 12.2. The van der Waals surface area contributed by atoms with Crippen LogP contribution >= 0.6 is 11.3 Å². The van der Waals surface area contributed by atoms with Gasteiger partial charge in [-0.3, -0.25) is 0 Å². The average molecular weight is 494 g/mol. The molecule has 0 bridgehead atoms. The van der Waals surface area contributed by atoms with Gasteiger partial charge in [-0.25, -0.2) is 9.97 Å². The molecule has 2 heterocycles. The van der Waals surface area contributed by atoms with Crippen LogP contribution in [0.5, 0.6) is 11.6 Å². The van der Waals surface area contributed by atoms with Crippen molar-refractivity contribution in [2.45, 2.75) is 32.4 Å². The minimum absolute atomic E-state index is 0.0567. The van der Waals surface area contributed by atoms with Crippen molar-refractivity contribution >= 4 is 27.2 Å². The Bertz CT molecular complexity index is 1110. The van der Waals surface area contributed by atoms with Gasteiger partial charge in [0, 0.05) is 31.9 Å². The number of benzene rings is 1. The molecule has 184 valence electrons. The van der Waals surface area contributed by atoms with E-state index in [0.29, 0.717) is 24.5 Å². The van der Waals surface area contributed by atoms with Crippen LogP contribution in [0.1, 0.15) is 32.0 Å². The van der Waals surface area contributed by atoms with E-state index in [-0.39, 0.29) is 21.4 Å². The van der Waals surface area contributed by atoms with E-state index in [1.54, 1.807) is 30.3 Å². The first-order chi connectivity index (χ1) is 15.9. The zero-order valence-corrected chi connectivity index (χ0v) is 21.0. The molecule has 0 aliphatic rings. The second kappa shape index (κ2) is 10.2. The molecule has 0 unspecified atom stereocenters. The number of anilines is 3. The number of aromatic nitrogens is 2. The molecule has 0 saturated carbocycles. The molecule has 0 atom stereocenters. The van der Waals surface area contributed by atoms with E-state index in [9.17, 15) is 13.2 Å². The number of rotatable bonds is 8. The molecule has 2 aromatic heterocycles. The number of nitrogens with zero attached hydrogens (tertiary/aromatic N) is 4. The van der Waals surface area contributed by atoms with E-state index < -0.39 is 11.9 Å². The number of pyridine rings is 1. The lowest BCUT2D eigenvalue weighted by Crippen LogP contribution is -2.29. The van der Waals surface area contributed by atoms with Crippen LogP contribution in [0.4, 0.5) is 29.0 Å². The summed E-state index contributed by atoms with van der Waals surface area (Å²) >= 11 is 0.945. The van der Waals surface area contributed by atoms with Crippen LogP contribution in [0.25, 0.3) is 0 Å². The fraction of sp³-hybridized carbons (Fsp3) is 0.417. The summed E-state index contributed by atoms with van der Waals surface area (Å²) in [5.74, 6) is 0.890. The maximum absolute atomic E-state index is 13.7. The van der Waals surface area contributed by atoms with Gasteiger partial charge in [0.2, 0.25) is 5.88 Å². The van der Waals surface area contributed by atoms with Crippen LogP contribution in [0, 0.1) is 0 Å². The van der Waals surface area contributed by atoms with E-state index in [4.69, 9.17) is 4.74 Å². The number of thiazole rings is 1. The fourth-order valence-corrected chi connectivity index (χ4v) is 4.21. The number of halogens is 3. The van der Waals surface area contributed by atoms with Gasteiger partial charge in [-0.05, 0) is 37.7 Å². The highest BCUT2D eigenvalue weighted by atomic mass is 32.1. The van der Waals surface area contributed by atoms with Gasteiger partial charge in [0.25, 0.3) is 0 Å². The van der Waals surface area contributed by atoms with Gasteiger partial charge in [0.1, 0.15) is 16.4 Å². The standard InChI is InChI=1S/C24H30F3N5OS/c1-23(2,3)16-10-7-8-12-18(16)33-20-17(11-9-13-28-20)29-22-30-19(24(25,26)27)21(34-22)32(6)15-14-31(4)5/h7-13H,14-15H2,1-6H3,(H,29,30). The quantitative estimate of drug-likeness (QED) is 0.393. The summed E-state index contributed by atoms with van der Waals surface area (Å²) in [6.07, 6.45) is -3.00. The third-order valence-electron chi connectivity index (χ3n) is 5.02. The second-order valence-corrected chi connectivity index (χ2v) is 10.2. The molecule has 3 rings (SSSR count). The molecule has 34 heavy (non-hydrogen) atoms. The average Bonchev–Trinajstić information content (AvgIpc) is 3.17. The van der Waals surface area contributed by atoms with E-state index in [2.05, 4.69) is 36.1 Å². The molecule has 3 aromatic rings.